The molecule has 0 fully saturated rings. The van der Waals surface area contributed by atoms with E-state index in [0.29, 0.717) is 18.7 Å². The maximum Gasteiger partial charge on any atom is 0.224 e. The minimum Gasteiger partial charge on any atom is -0.399 e. The van der Waals surface area contributed by atoms with Gasteiger partial charge < -0.3 is 16.0 Å². The van der Waals surface area contributed by atoms with Gasteiger partial charge in [0.1, 0.15) is 5.82 Å². The third-order valence-corrected chi connectivity index (χ3v) is 3.73. The van der Waals surface area contributed by atoms with E-state index in [1.807, 2.05) is 30.5 Å². The van der Waals surface area contributed by atoms with Gasteiger partial charge in [-0.05, 0) is 43.2 Å². The van der Waals surface area contributed by atoms with Crippen LogP contribution >= 0.6 is 0 Å². The summed E-state index contributed by atoms with van der Waals surface area (Å²) in [4.78, 5) is 18.6. The summed E-state index contributed by atoms with van der Waals surface area (Å²) < 4.78 is 0. The first-order valence-corrected chi connectivity index (χ1v) is 7.93. The number of anilines is 2. The van der Waals surface area contributed by atoms with E-state index >= 15 is 0 Å². The summed E-state index contributed by atoms with van der Waals surface area (Å²) in [5, 5.41) is 2.91. The lowest BCUT2D eigenvalue weighted by Gasteiger charge is -2.19. The molecule has 5 nitrogen and oxygen atoms in total. The van der Waals surface area contributed by atoms with Crippen molar-refractivity contribution in [3.63, 3.8) is 0 Å². The Morgan fingerprint density at radius 3 is 2.30 bits per heavy atom. The molecule has 0 atom stereocenters. The van der Waals surface area contributed by atoms with Crippen molar-refractivity contribution in [2.75, 3.05) is 23.7 Å². The van der Waals surface area contributed by atoms with Crippen molar-refractivity contribution < 1.29 is 4.79 Å². The quantitative estimate of drug-likeness (QED) is 0.770. The SMILES string of the molecule is CCN(CC)c1ccc(CNC(=O)Cc2ccc(N)cc2)cn1. The van der Waals surface area contributed by atoms with Crippen LogP contribution in [0.5, 0.6) is 0 Å². The van der Waals surface area contributed by atoms with Crippen molar-refractivity contribution in [2.45, 2.75) is 26.8 Å². The maximum atomic E-state index is 12.0. The van der Waals surface area contributed by atoms with Crippen molar-refractivity contribution in [2.24, 2.45) is 0 Å². The highest BCUT2D eigenvalue weighted by atomic mass is 16.1. The standard InChI is InChI=1S/C18H24N4O/c1-3-22(4-2)17-10-7-15(12-20-17)13-21-18(23)11-14-5-8-16(19)9-6-14/h5-10,12H,3-4,11,13,19H2,1-2H3,(H,21,23). The number of pyridine rings is 1. The highest BCUT2D eigenvalue weighted by Gasteiger charge is 2.05. The van der Waals surface area contributed by atoms with Crippen LogP contribution in [0, 0.1) is 0 Å². The first-order valence-electron chi connectivity index (χ1n) is 7.93. The summed E-state index contributed by atoms with van der Waals surface area (Å²) in [6, 6.07) is 11.3. The van der Waals surface area contributed by atoms with Crippen molar-refractivity contribution in [3.05, 3.63) is 53.7 Å². The van der Waals surface area contributed by atoms with E-state index in [0.717, 1.165) is 30.0 Å². The molecule has 0 saturated heterocycles. The Hall–Kier alpha value is -2.56. The number of carbonyl (C=O) groups is 1. The molecule has 3 N–H and O–H groups in total. The molecule has 1 amide bonds. The van der Waals surface area contributed by atoms with E-state index in [1.54, 1.807) is 12.1 Å². The zero-order valence-corrected chi connectivity index (χ0v) is 13.7. The molecule has 0 radical (unpaired) electrons. The molecule has 1 aromatic carbocycles. The normalized spacial score (nSPS) is 10.3. The number of aromatic nitrogens is 1. The van der Waals surface area contributed by atoms with Gasteiger partial charge in [0.25, 0.3) is 0 Å². The molecule has 0 aliphatic rings. The van der Waals surface area contributed by atoms with Gasteiger partial charge in [-0.1, -0.05) is 18.2 Å². The van der Waals surface area contributed by atoms with Gasteiger partial charge in [0.2, 0.25) is 5.91 Å². The molecule has 2 rings (SSSR count). The second kappa shape index (κ2) is 8.17. The predicted molar refractivity (Wildman–Crippen MR) is 94.2 cm³/mol. The van der Waals surface area contributed by atoms with Crippen LogP contribution in [0.2, 0.25) is 0 Å². The second-order valence-electron chi connectivity index (χ2n) is 5.39. The fourth-order valence-corrected chi connectivity index (χ4v) is 2.34. The van der Waals surface area contributed by atoms with Gasteiger partial charge in [-0.2, -0.15) is 0 Å². The zero-order valence-electron chi connectivity index (χ0n) is 13.7. The topological polar surface area (TPSA) is 71.2 Å². The summed E-state index contributed by atoms with van der Waals surface area (Å²) in [6.07, 6.45) is 2.17. The highest BCUT2D eigenvalue weighted by Crippen LogP contribution is 2.11. The minimum atomic E-state index is -0.0115. The average Bonchev–Trinajstić information content (AvgIpc) is 2.57. The van der Waals surface area contributed by atoms with Crippen LogP contribution in [0.1, 0.15) is 25.0 Å². The molecule has 5 heteroatoms. The third-order valence-electron chi connectivity index (χ3n) is 3.73. The molecule has 1 heterocycles. The van der Waals surface area contributed by atoms with Crippen LogP contribution < -0.4 is 16.0 Å². The van der Waals surface area contributed by atoms with Crippen molar-refractivity contribution >= 4 is 17.4 Å². The lowest BCUT2D eigenvalue weighted by Crippen LogP contribution is -2.25. The van der Waals surface area contributed by atoms with Gasteiger partial charge in [-0.25, -0.2) is 4.98 Å². The average molecular weight is 312 g/mol. The van der Waals surface area contributed by atoms with E-state index in [1.165, 1.54) is 0 Å². The van der Waals surface area contributed by atoms with Gasteiger partial charge in [-0.3, -0.25) is 4.79 Å². The molecule has 0 bridgehead atoms. The third kappa shape index (κ3) is 4.98. The summed E-state index contributed by atoms with van der Waals surface area (Å²) >= 11 is 0. The van der Waals surface area contributed by atoms with Gasteiger partial charge in [0, 0.05) is 31.5 Å². The Kier molecular flexibility index (Phi) is 5.97. The maximum absolute atomic E-state index is 12.0. The molecule has 1 aromatic heterocycles. The van der Waals surface area contributed by atoms with Crippen LogP contribution in [0.15, 0.2) is 42.6 Å². The Morgan fingerprint density at radius 1 is 1.09 bits per heavy atom. The molecular formula is C18H24N4O. The van der Waals surface area contributed by atoms with Gasteiger partial charge in [0.15, 0.2) is 0 Å². The van der Waals surface area contributed by atoms with Gasteiger partial charge in [-0.15, -0.1) is 0 Å². The van der Waals surface area contributed by atoms with Crippen LogP contribution in [0.25, 0.3) is 0 Å². The fourth-order valence-electron chi connectivity index (χ4n) is 2.34. The Labute approximate surface area is 137 Å². The Morgan fingerprint density at radius 2 is 1.74 bits per heavy atom. The van der Waals surface area contributed by atoms with Crippen LogP contribution in [-0.4, -0.2) is 24.0 Å². The van der Waals surface area contributed by atoms with Gasteiger partial charge >= 0.3 is 0 Å². The minimum absolute atomic E-state index is 0.0115. The summed E-state index contributed by atoms with van der Waals surface area (Å²) in [7, 11) is 0. The highest BCUT2D eigenvalue weighted by molar-refractivity contribution is 5.78. The molecule has 122 valence electrons. The van der Waals surface area contributed by atoms with Crippen molar-refractivity contribution in [1.82, 2.24) is 10.3 Å². The number of hydrogen-bond donors (Lipinski definition) is 2. The number of nitrogens with zero attached hydrogens (tertiary/aromatic N) is 2. The number of rotatable bonds is 7. The van der Waals surface area contributed by atoms with E-state index in [2.05, 4.69) is 29.0 Å². The predicted octanol–water partition coefficient (Wildman–Crippen LogP) is 2.37. The van der Waals surface area contributed by atoms with Gasteiger partial charge in [0.05, 0.1) is 6.42 Å². The first kappa shape index (κ1) is 16.8. The van der Waals surface area contributed by atoms with Crippen molar-refractivity contribution in [1.29, 1.82) is 0 Å². The van der Waals surface area contributed by atoms with E-state index in [-0.39, 0.29) is 5.91 Å². The van der Waals surface area contributed by atoms with Crippen LogP contribution in [-0.2, 0) is 17.8 Å². The monoisotopic (exact) mass is 312 g/mol. The number of hydrogen-bond acceptors (Lipinski definition) is 4. The second-order valence-corrected chi connectivity index (χ2v) is 5.39. The summed E-state index contributed by atoms with van der Waals surface area (Å²) in [5.74, 6) is 0.953. The zero-order chi connectivity index (χ0) is 16.7. The number of benzene rings is 1. The van der Waals surface area contributed by atoms with E-state index in [4.69, 9.17) is 5.73 Å². The lowest BCUT2D eigenvalue weighted by atomic mass is 10.1. The van der Waals surface area contributed by atoms with Crippen molar-refractivity contribution in [3.8, 4) is 0 Å². The summed E-state index contributed by atoms with van der Waals surface area (Å²) in [5.41, 5.74) is 8.28. The molecule has 23 heavy (non-hydrogen) atoms. The number of nitrogens with one attached hydrogen (secondary N) is 1. The molecule has 2 aromatic rings. The fraction of sp³-hybridized carbons (Fsp3) is 0.333. The number of nitrogen functional groups attached to an aromatic ring is 1. The summed E-state index contributed by atoms with van der Waals surface area (Å²) in [6.45, 7) is 6.56. The lowest BCUT2D eigenvalue weighted by molar-refractivity contribution is -0.120. The van der Waals surface area contributed by atoms with E-state index in [9.17, 15) is 4.79 Å². The number of carbonyl (C=O) groups excluding carboxylic acids is 1. The molecule has 0 unspecified atom stereocenters. The largest absolute Gasteiger partial charge is 0.399 e. The smallest absolute Gasteiger partial charge is 0.224 e. The number of nitrogens with two attached hydrogens (primary N) is 1. The Balaban J connectivity index is 1.85. The number of amides is 1. The molecule has 0 spiro atoms. The first-order chi connectivity index (χ1) is 11.1. The molecule has 0 aliphatic carbocycles. The molecule has 0 aliphatic heterocycles. The van der Waals surface area contributed by atoms with Crippen LogP contribution in [0.3, 0.4) is 0 Å². The van der Waals surface area contributed by atoms with Crippen LogP contribution in [0.4, 0.5) is 11.5 Å². The molecule has 0 saturated carbocycles. The Bertz CT molecular complexity index is 618. The molecular weight excluding hydrogens is 288 g/mol. The van der Waals surface area contributed by atoms with E-state index < -0.39 is 0 Å².